The van der Waals surface area contributed by atoms with Crippen LogP contribution < -0.4 is 4.72 Å². The maximum Gasteiger partial charge on any atom is 0.270 e. The van der Waals surface area contributed by atoms with Gasteiger partial charge in [-0.1, -0.05) is 36.4 Å². The van der Waals surface area contributed by atoms with Crippen LogP contribution in [0.5, 0.6) is 0 Å². The summed E-state index contributed by atoms with van der Waals surface area (Å²) in [6.45, 7) is 1.89. The topological polar surface area (TPSA) is 89.3 Å². The van der Waals surface area contributed by atoms with E-state index in [0.717, 1.165) is 18.1 Å². The molecule has 0 aliphatic heterocycles. The number of nitrogens with zero attached hydrogens (tertiary/aromatic N) is 1. The molecule has 0 bridgehead atoms. The van der Waals surface area contributed by atoms with Crippen molar-refractivity contribution in [2.45, 2.75) is 24.7 Å². The van der Waals surface area contributed by atoms with E-state index in [1.54, 1.807) is 6.92 Å². The molecule has 1 N–H and O–H groups in total. The molecular formula is C16H18N2O4S. The number of aryl methyl sites for hydroxylation is 2. The summed E-state index contributed by atoms with van der Waals surface area (Å²) in [5, 5.41) is 10.8. The Morgan fingerprint density at radius 1 is 1.13 bits per heavy atom. The molecule has 0 heterocycles. The number of nitro benzene ring substituents is 1. The summed E-state index contributed by atoms with van der Waals surface area (Å²) in [5.41, 5.74) is 1.38. The molecule has 6 nitrogen and oxygen atoms in total. The van der Waals surface area contributed by atoms with Crippen molar-refractivity contribution in [1.82, 2.24) is 4.72 Å². The Balaban J connectivity index is 2.01. The van der Waals surface area contributed by atoms with Gasteiger partial charge in [-0.2, -0.15) is 0 Å². The number of nitrogens with one attached hydrogen (secondary N) is 1. The lowest BCUT2D eigenvalue weighted by atomic mass is 10.1. The minimum atomic E-state index is -3.76. The molecule has 7 heteroatoms. The van der Waals surface area contributed by atoms with Gasteiger partial charge in [0.05, 0.1) is 9.82 Å². The van der Waals surface area contributed by atoms with E-state index in [0.29, 0.717) is 12.0 Å². The highest BCUT2D eigenvalue weighted by atomic mass is 32.2. The highest BCUT2D eigenvalue weighted by Crippen LogP contribution is 2.21. The van der Waals surface area contributed by atoms with Crippen LogP contribution >= 0.6 is 0 Å². The summed E-state index contributed by atoms with van der Waals surface area (Å²) >= 11 is 0. The molecular weight excluding hydrogens is 316 g/mol. The van der Waals surface area contributed by atoms with E-state index in [2.05, 4.69) is 4.72 Å². The molecule has 0 saturated heterocycles. The van der Waals surface area contributed by atoms with Crippen molar-refractivity contribution in [2.24, 2.45) is 0 Å². The number of sulfonamides is 1. The lowest BCUT2D eigenvalue weighted by Crippen LogP contribution is -2.25. The first-order valence-electron chi connectivity index (χ1n) is 7.19. The van der Waals surface area contributed by atoms with Gasteiger partial charge in [0, 0.05) is 18.7 Å². The third kappa shape index (κ3) is 4.61. The summed E-state index contributed by atoms with van der Waals surface area (Å²) in [7, 11) is -3.76. The molecule has 0 aromatic heterocycles. The predicted octanol–water partition coefficient (Wildman–Crippen LogP) is 2.81. The molecule has 2 aromatic carbocycles. The molecule has 0 atom stereocenters. The number of hydrogen-bond donors (Lipinski definition) is 1. The number of benzene rings is 2. The zero-order valence-electron chi connectivity index (χ0n) is 12.7. The van der Waals surface area contributed by atoms with Crippen LogP contribution in [0, 0.1) is 17.0 Å². The fourth-order valence-electron chi connectivity index (χ4n) is 2.21. The van der Waals surface area contributed by atoms with Crippen molar-refractivity contribution in [3.05, 3.63) is 69.8 Å². The second kappa shape index (κ2) is 7.34. The molecule has 2 rings (SSSR count). The van der Waals surface area contributed by atoms with Gasteiger partial charge in [-0.15, -0.1) is 0 Å². The first kappa shape index (κ1) is 17.1. The van der Waals surface area contributed by atoms with E-state index >= 15 is 0 Å². The van der Waals surface area contributed by atoms with Crippen molar-refractivity contribution in [3.63, 3.8) is 0 Å². The van der Waals surface area contributed by atoms with Crippen LogP contribution in [-0.4, -0.2) is 19.9 Å². The lowest BCUT2D eigenvalue weighted by Gasteiger charge is -2.09. The van der Waals surface area contributed by atoms with Gasteiger partial charge < -0.3 is 0 Å². The van der Waals surface area contributed by atoms with Crippen LogP contribution in [0.15, 0.2) is 53.4 Å². The van der Waals surface area contributed by atoms with Crippen LogP contribution in [0.1, 0.15) is 17.5 Å². The zero-order chi connectivity index (χ0) is 16.9. The smallest absolute Gasteiger partial charge is 0.258 e. The molecule has 23 heavy (non-hydrogen) atoms. The minimum absolute atomic E-state index is 0.0496. The van der Waals surface area contributed by atoms with E-state index < -0.39 is 14.9 Å². The Labute approximate surface area is 135 Å². The first-order valence-corrected chi connectivity index (χ1v) is 8.67. The molecule has 2 aromatic rings. The van der Waals surface area contributed by atoms with Crippen LogP contribution in [0.2, 0.25) is 0 Å². The van der Waals surface area contributed by atoms with Gasteiger partial charge in [0.2, 0.25) is 10.0 Å². The van der Waals surface area contributed by atoms with Crippen molar-refractivity contribution < 1.29 is 13.3 Å². The summed E-state index contributed by atoms with van der Waals surface area (Å²) in [6, 6.07) is 13.6. The van der Waals surface area contributed by atoms with Crippen LogP contribution in [0.3, 0.4) is 0 Å². The van der Waals surface area contributed by atoms with Crippen molar-refractivity contribution in [3.8, 4) is 0 Å². The lowest BCUT2D eigenvalue weighted by molar-refractivity contribution is -0.385. The van der Waals surface area contributed by atoms with Gasteiger partial charge in [-0.25, -0.2) is 13.1 Å². The highest BCUT2D eigenvalue weighted by molar-refractivity contribution is 7.89. The monoisotopic (exact) mass is 334 g/mol. The van der Waals surface area contributed by atoms with E-state index in [4.69, 9.17) is 0 Å². The summed E-state index contributed by atoms with van der Waals surface area (Å²) in [4.78, 5) is 10.1. The van der Waals surface area contributed by atoms with Gasteiger partial charge >= 0.3 is 0 Å². The normalized spacial score (nSPS) is 11.3. The molecule has 0 unspecified atom stereocenters. The maximum absolute atomic E-state index is 12.3. The number of rotatable bonds is 7. The van der Waals surface area contributed by atoms with Crippen molar-refractivity contribution in [2.75, 3.05) is 6.54 Å². The van der Waals surface area contributed by atoms with E-state index in [-0.39, 0.29) is 17.1 Å². The molecule has 0 amide bonds. The molecule has 0 aliphatic rings. The summed E-state index contributed by atoms with van der Waals surface area (Å²) in [6.07, 6.45) is 1.41. The predicted molar refractivity (Wildman–Crippen MR) is 87.8 cm³/mol. The van der Waals surface area contributed by atoms with E-state index in [9.17, 15) is 18.5 Å². The maximum atomic E-state index is 12.3. The largest absolute Gasteiger partial charge is 0.270 e. The Bertz CT molecular complexity index is 789. The Morgan fingerprint density at radius 2 is 1.83 bits per heavy atom. The van der Waals surface area contributed by atoms with Crippen LogP contribution in [0.4, 0.5) is 5.69 Å². The molecule has 0 aliphatic carbocycles. The first-order chi connectivity index (χ1) is 10.9. The molecule has 0 spiro atoms. The average molecular weight is 334 g/mol. The third-order valence-corrected chi connectivity index (χ3v) is 5.05. The second-order valence-electron chi connectivity index (χ2n) is 5.19. The number of nitro groups is 1. The van der Waals surface area contributed by atoms with Gasteiger partial charge in [-0.3, -0.25) is 10.1 Å². The average Bonchev–Trinajstić information content (AvgIpc) is 2.52. The van der Waals surface area contributed by atoms with Crippen molar-refractivity contribution in [1.29, 1.82) is 0 Å². The molecule has 0 fully saturated rings. The number of non-ortho nitro benzene ring substituents is 1. The van der Waals surface area contributed by atoms with E-state index in [1.807, 2.05) is 30.3 Å². The third-order valence-electron chi connectivity index (χ3n) is 3.45. The fourth-order valence-corrected chi connectivity index (χ4v) is 3.55. The van der Waals surface area contributed by atoms with Crippen molar-refractivity contribution >= 4 is 15.7 Å². The summed E-state index contributed by atoms with van der Waals surface area (Å²) in [5.74, 6) is 0. The quantitative estimate of drug-likeness (QED) is 0.479. The Kier molecular flexibility index (Phi) is 5.46. The molecule has 0 saturated carbocycles. The Morgan fingerprint density at radius 3 is 2.48 bits per heavy atom. The Hall–Kier alpha value is -2.25. The standard InChI is InChI=1S/C16H18N2O4S/c1-13-9-10-15(18(19)20)12-16(13)23(21,22)17-11-5-8-14-6-3-2-4-7-14/h2-4,6-7,9-10,12,17H,5,8,11H2,1H3. The van der Waals surface area contributed by atoms with Gasteiger partial charge in [0.25, 0.3) is 5.69 Å². The van der Waals surface area contributed by atoms with Gasteiger partial charge in [0.1, 0.15) is 0 Å². The van der Waals surface area contributed by atoms with Crippen LogP contribution in [-0.2, 0) is 16.4 Å². The zero-order valence-corrected chi connectivity index (χ0v) is 13.5. The van der Waals surface area contributed by atoms with Crippen LogP contribution in [0.25, 0.3) is 0 Å². The minimum Gasteiger partial charge on any atom is -0.258 e. The summed E-state index contributed by atoms with van der Waals surface area (Å²) < 4.78 is 27.1. The SMILES string of the molecule is Cc1ccc([N+](=O)[O-])cc1S(=O)(=O)NCCCc1ccccc1. The number of hydrogen-bond acceptors (Lipinski definition) is 4. The molecule has 0 radical (unpaired) electrons. The fraction of sp³-hybridized carbons (Fsp3) is 0.250. The van der Waals surface area contributed by atoms with Gasteiger partial charge in [0.15, 0.2) is 0 Å². The van der Waals surface area contributed by atoms with E-state index in [1.165, 1.54) is 12.1 Å². The highest BCUT2D eigenvalue weighted by Gasteiger charge is 2.19. The second-order valence-corrected chi connectivity index (χ2v) is 6.93. The molecule has 122 valence electrons. The van der Waals surface area contributed by atoms with Gasteiger partial charge in [-0.05, 0) is 30.9 Å².